The zero-order valence-electron chi connectivity index (χ0n) is 16.1. The van der Waals surface area contributed by atoms with E-state index >= 15 is 0 Å². The van der Waals surface area contributed by atoms with Crippen LogP contribution in [0.25, 0.3) is 11.4 Å². The standard InChI is InChI=1S/C22H22ClN3O3/c1-15-18(11-12-27)22(29)26(21(25-15)16-7-3-2-4-8-16)14-20(28)24-13-17-9-5-6-10-19(17)23/h2-10,27H,11-14H2,1H3,(H,24,28). The van der Waals surface area contributed by atoms with Crippen LogP contribution in [0, 0.1) is 6.92 Å². The second kappa shape index (κ2) is 9.49. The number of hydrogen-bond donors (Lipinski definition) is 2. The molecule has 3 rings (SSSR count). The molecule has 150 valence electrons. The summed E-state index contributed by atoms with van der Waals surface area (Å²) >= 11 is 6.13. The summed E-state index contributed by atoms with van der Waals surface area (Å²) in [5, 5.41) is 12.7. The highest BCUT2D eigenvalue weighted by molar-refractivity contribution is 6.31. The second-order valence-electron chi connectivity index (χ2n) is 6.60. The van der Waals surface area contributed by atoms with Crippen LogP contribution in [-0.4, -0.2) is 27.2 Å². The van der Waals surface area contributed by atoms with E-state index in [0.29, 0.717) is 22.1 Å². The lowest BCUT2D eigenvalue weighted by Crippen LogP contribution is -2.35. The van der Waals surface area contributed by atoms with Crippen LogP contribution in [0.15, 0.2) is 59.4 Å². The minimum absolute atomic E-state index is 0.166. The number of halogens is 1. The Kier molecular flexibility index (Phi) is 6.80. The third kappa shape index (κ3) is 4.91. The summed E-state index contributed by atoms with van der Waals surface area (Å²) in [6, 6.07) is 16.5. The summed E-state index contributed by atoms with van der Waals surface area (Å²) in [6.45, 7) is 1.65. The van der Waals surface area contributed by atoms with Gasteiger partial charge in [0, 0.05) is 41.4 Å². The number of aliphatic hydroxyl groups excluding tert-OH is 1. The van der Waals surface area contributed by atoms with Crippen LogP contribution in [0.3, 0.4) is 0 Å². The molecule has 6 nitrogen and oxygen atoms in total. The van der Waals surface area contributed by atoms with Gasteiger partial charge in [0.15, 0.2) is 0 Å². The van der Waals surface area contributed by atoms with Gasteiger partial charge >= 0.3 is 0 Å². The first-order valence-corrected chi connectivity index (χ1v) is 9.65. The maximum absolute atomic E-state index is 13.0. The summed E-state index contributed by atoms with van der Waals surface area (Å²) in [4.78, 5) is 30.2. The maximum atomic E-state index is 13.0. The summed E-state index contributed by atoms with van der Waals surface area (Å²) in [5.41, 5.74) is 2.17. The van der Waals surface area contributed by atoms with Crippen molar-refractivity contribution in [2.45, 2.75) is 26.4 Å². The Hall–Kier alpha value is -2.96. The number of carbonyl (C=O) groups is 1. The van der Waals surface area contributed by atoms with Gasteiger partial charge in [0.2, 0.25) is 5.91 Å². The van der Waals surface area contributed by atoms with Crippen molar-refractivity contribution in [3.05, 3.63) is 86.8 Å². The molecular weight excluding hydrogens is 390 g/mol. The Bertz CT molecular complexity index is 1060. The Balaban J connectivity index is 1.92. The number of aryl methyl sites for hydroxylation is 1. The van der Waals surface area contributed by atoms with E-state index in [4.69, 9.17) is 11.6 Å². The predicted molar refractivity (Wildman–Crippen MR) is 113 cm³/mol. The topological polar surface area (TPSA) is 84.2 Å². The molecule has 2 N–H and O–H groups in total. The Morgan fingerprint density at radius 2 is 1.83 bits per heavy atom. The van der Waals surface area contributed by atoms with Gasteiger partial charge < -0.3 is 10.4 Å². The van der Waals surface area contributed by atoms with E-state index in [-0.39, 0.29) is 37.6 Å². The molecule has 0 atom stereocenters. The zero-order chi connectivity index (χ0) is 20.8. The molecule has 0 spiro atoms. The van der Waals surface area contributed by atoms with E-state index in [1.165, 1.54) is 4.57 Å². The van der Waals surface area contributed by atoms with Crippen LogP contribution in [0.5, 0.6) is 0 Å². The van der Waals surface area contributed by atoms with Gasteiger partial charge in [-0.05, 0) is 18.6 Å². The first kappa shape index (κ1) is 20.8. The molecule has 0 aliphatic carbocycles. The molecule has 0 saturated heterocycles. The lowest BCUT2D eigenvalue weighted by atomic mass is 10.1. The van der Waals surface area contributed by atoms with Gasteiger partial charge in [-0.2, -0.15) is 0 Å². The van der Waals surface area contributed by atoms with Gasteiger partial charge in [-0.3, -0.25) is 14.2 Å². The van der Waals surface area contributed by atoms with E-state index in [9.17, 15) is 14.7 Å². The lowest BCUT2D eigenvalue weighted by Gasteiger charge is -2.16. The quantitative estimate of drug-likeness (QED) is 0.626. The molecular formula is C22H22ClN3O3. The molecule has 0 unspecified atom stereocenters. The third-order valence-corrected chi connectivity index (χ3v) is 4.97. The van der Waals surface area contributed by atoms with E-state index in [1.807, 2.05) is 48.5 Å². The Morgan fingerprint density at radius 1 is 1.14 bits per heavy atom. The minimum atomic E-state index is -0.329. The Labute approximate surface area is 173 Å². The van der Waals surface area contributed by atoms with E-state index in [1.54, 1.807) is 13.0 Å². The fourth-order valence-corrected chi connectivity index (χ4v) is 3.29. The van der Waals surface area contributed by atoms with Crippen molar-refractivity contribution in [3.63, 3.8) is 0 Å². The first-order valence-electron chi connectivity index (χ1n) is 9.28. The molecule has 1 aromatic heterocycles. The van der Waals surface area contributed by atoms with Crippen LogP contribution >= 0.6 is 11.6 Å². The normalized spacial score (nSPS) is 10.7. The Morgan fingerprint density at radius 3 is 2.52 bits per heavy atom. The number of hydrogen-bond acceptors (Lipinski definition) is 4. The molecule has 1 heterocycles. The summed E-state index contributed by atoms with van der Waals surface area (Å²) < 4.78 is 1.36. The molecule has 1 amide bonds. The van der Waals surface area contributed by atoms with Crippen LogP contribution in [0.2, 0.25) is 5.02 Å². The third-order valence-electron chi connectivity index (χ3n) is 4.60. The number of nitrogens with one attached hydrogen (secondary N) is 1. The molecule has 7 heteroatoms. The minimum Gasteiger partial charge on any atom is -0.396 e. The largest absolute Gasteiger partial charge is 0.396 e. The van der Waals surface area contributed by atoms with Crippen molar-refractivity contribution in [1.82, 2.24) is 14.9 Å². The van der Waals surface area contributed by atoms with Gasteiger partial charge in [0.1, 0.15) is 12.4 Å². The number of aromatic nitrogens is 2. The molecule has 29 heavy (non-hydrogen) atoms. The molecule has 0 fully saturated rings. The average molecular weight is 412 g/mol. The van der Waals surface area contributed by atoms with E-state index in [2.05, 4.69) is 10.3 Å². The van der Waals surface area contributed by atoms with Crippen LogP contribution in [-0.2, 0) is 24.3 Å². The maximum Gasteiger partial charge on any atom is 0.257 e. The number of benzene rings is 2. The van der Waals surface area contributed by atoms with Crippen LogP contribution in [0.4, 0.5) is 0 Å². The van der Waals surface area contributed by atoms with Gasteiger partial charge in [0.05, 0.1) is 0 Å². The first-order chi connectivity index (χ1) is 14.0. The van der Waals surface area contributed by atoms with Crippen molar-refractivity contribution < 1.29 is 9.90 Å². The summed E-state index contributed by atoms with van der Waals surface area (Å²) in [5.74, 6) is 0.0903. The van der Waals surface area contributed by atoms with Gasteiger partial charge in [0.25, 0.3) is 5.56 Å². The fraction of sp³-hybridized carbons (Fsp3) is 0.227. The lowest BCUT2D eigenvalue weighted by molar-refractivity contribution is -0.121. The highest BCUT2D eigenvalue weighted by atomic mass is 35.5. The van der Waals surface area contributed by atoms with Crippen molar-refractivity contribution in [1.29, 1.82) is 0 Å². The number of rotatable bonds is 7. The molecule has 0 saturated carbocycles. The van der Waals surface area contributed by atoms with Crippen LogP contribution < -0.4 is 10.9 Å². The number of carbonyl (C=O) groups excluding carboxylic acids is 1. The highest BCUT2D eigenvalue weighted by Gasteiger charge is 2.17. The molecule has 3 aromatic rings. The van der Waals surface area contributed by atoms with Gasteiger partial charge in [-0.1, -0.05) is 60.1 Å². The van der Waals surface area contributed by atoms with Crippen molar-refractivity contribution in [2.24, 2.45) is 0 Å². The predicted octanol–water partition coefficient (Wildman–Crippen LogP) is 2.72. The van der Waals surface area contributed by atoms with Crippen molar-refractivity contribution >= 4 is 17.5 Å². The smallest absolute Gasteiger partial charge is 0.257 e. The molecule has 2 aromatic carbocycles. The average Bonchev–Trinajstić information content (AvgIpc) is 2.73. The SMILES string of the molecule is Cc1nc(-c2ccccc2)n(CC(=O)NCc2ccccc2Cl)c(=O)c1CCO. The number of aliphatic hydroxyl groups is 1. The number of nitrogens with zero attached hydrogens (tertiary/aromatic N) is 2. The molecule has 0 aliphatic heterocycles. The monoisotopic (exact) mass is 411 g/mol. The molecule has 0 bridgehead atoms. The van der Waals surface area contributed by atoms with Crippen molar-refractivity contribution in [3.8, 4) is 11.4 Å². The fourth-order valence-electron chi connectivity index (χ4n) is 3.09. The van der Waals surface area contributed by atoms with Gasteiger partial charge in [-0.25, -0.2) is 4.98 Å². The summed E-state index contributed by atoms with van der Waals surface area (Å²) in [6.07, 6.45) is 0.188. The molecule has 0 radical (unpaired) electrons. The highest BCUT2D eigenvalue weighted by Crippen LogP contribution is 2.18. The van der Waals surface area contributed by atoms with Gasteiger partial charge in [-0.15, -0.1) is 0 Å². The van der Waals surface area contributed by atoms with E-state index in [0.717, 1.165) is 11.1 Å². The molecule has 0 aliphatic rings. The zero-order valence-corrected chi connectivity index (χ0v) is 16.8. The van der Waals surface area contributed by atoms with Crippen molar-refractivity contribution in [2.75, 3.05) is 6.61 Å². The summed E-state index contributed by atoms with van der Waals surface area (Å²) in [7, 11) is 0. The van der Waals surface area contributed by atoms with E-state index < -0.39 is 0 Å². The second-order valence-corrected chi connectivity index (χ2v) is 7.01. The number of amides is 1. The van der Waals surface area contributed by atoms with Crippen LogP contribution in [0.1, 0.15) is 16.8 Å².